The van der Waals surface area contributed by atoms with E-state index in [4.69, 9.17) is 14.9 Å². The normalized spacial score (nSPS) is 18.2. The Morgan fingerprint density at radius 1 is 1.16 bits per heavy atom. The van der Waals surface area contributed by atoms with Crippen LogP contribution in [-0.2, 0) is 19.1 Å². The molecule has 1 fully saturated rings. The fourth-order valence-corrected chi connectivity index (χ4v) is 1.80. The van der Waals surface area contributed by atoms with E-state index in [0.29, 0.717) is 0 Å². The Bertz CT molecular complexity index is 319. The van der Waals surface area contributed by atoms with Gasteiger partial charge in [-0.05, 0) is 25.7 Å². The summed E-state index contributed by atoms with van der Waals surface area (Å²) in [5, 5.41) is 17.5. The van der Waals surface area contributed by atoms with Crippen molar-refractivity contribution in [2.45, 2.75) is 44.3 Å². The number of carbonyl (C=O) groups is 2. The molecule has 1 unspecified atom stereocenters. The fraction of sp³-hybridized carbons (Fsp3) is 0.692. The third-order valence-electron chi connectivity index (χ3n) is 2.82. The summed E-state index contributed by atoms with van der Waals surface area (Å²) in [6.45, 7) is -0.794. The molecule has 1 aliphatic rings. The SMILES string of the molecule is O=C(C=CC(=O)OC1CCCCC1)OCC(O)CO. The monoisotopic (exact) mass is 272 g/mol. The van der Waals surface area contributed by atoms with Gasteiger partial charge in [0.05, 0.1) is 6.61 Å². The van der Waals surface area contributed by atoms with Crippen molar-refractivity contribution in [3.8, 4) is 0 Å². The summed E-state index contributed by atoms with van der Waals surface area (Å²) in [6, 6.07) is 0. The van der Waals surface area contributed by atoms with Gasteiger partial charge in [0, 0.05) is 12.2 Å². The summed E-state index contributed by atoms with van der Waals surface area (Å²) < 4.78 is 9.76. The summed E-state index contributed by atoms with van der Waals surface area (Å²) in [6.07, 6.45) is 5.83. The van der Waals surface area contributed by atoms with E-state index in [-0.39, 0.29) is 12.7 Å². The summed E-state index contributed by atoms with van der Waals surface area (Å²) in [5.74, 6) is -1.32. The van der Waals surface area contributed by atoms with Crippen molar-refractivity contribution in [2.24, 2.45) is 0 Å². The molecular weight excluding hydrogens is 252 g/mol. The average Bonchev–Trinajstić information content (AvgIpc) is 2.43. The Hall–Kier alpha value is -1.40. The Morgan fingerprint density at radius 2 is 1.79 bits per heavy atom. The Morgan fingerprint density at radius 3 is 2.42 bits per heavy atom. The molecule has 0 aromatic carbocycles. The molecule has 1 atom stereocenters. The topological polar surface area (TPSA) is 93.1 Å². The van der Waals surface area contributed by atoms with Gasteiger partial charge in [-0.2, -0.15) is 0 Å². The minimum atomic E-state index is -1.11. The van der Waals surface area contributed by atoms with Crippen LogP contribution >= 0.6 is 0 Å². The molecule has 19 heavy (non-hydrogen) atoms. The highest BCUT2D eigenvalue weighted by molar-refractivity contribution is 5.91. The highest BCUT2D eigenvalue weighted by Gasteiger charge is 2.16. The van der Waals surface area contributed by atoms with E-state index >= 15 is 0 Å². The molecule has 6 heteroatoms. The van der Waals surface area contributed by atoms with Gasteiger partial charge in [0.2, 0.25) is 0 Å². The maximum Gasteiger partial charge on any atom is 0.331 e. The third kappa shape index (κ3) is 6.93. The van der Waals surface area contributed by atoms with Gasteiger partial charge in [0.1, 0.15) is 18.8 Å². The van der Waals surface area contributed by atoms with Gasteiger partial charge in [-0.15, -0.1) is 0 Å². The summed E-state index contributed by atoms with van der Waals surface area (Å²) in [5.41, 5.74) is 0. The Kier molecular flexibility index (Phi) is 7.14. The number of hydrogen-bond donors (Lipinski definition) is 2. The molecule has 2 N–H and O–H groups in total. The van der Waals surface area contributed by atoms with E-state index in [2.05, 4.69) is 4.74 Å². The van der Waals surface area contributed by atoms with Crippen LogP contribution in [0.1, 0.15) is 32.1 Å². The van der Waals surface area contributed by atoms with Gasteiger partial charge in [0.25, 0.3) is 0 Å². The molecule has 0 spiro atoms. The fourth-order valence-electron chi connectivity index (χ4n) is 1.80. The first-order valence-corrected chi connectivity index (χ1v) is 6.46. The lowest BCUT2D eigenvalue weighted by molar-refractivity contribution is -0.146. The van der Waals surface area contributed by atoms with Crippen molar-refractivity contribution >= 4 is 11.9 Å². The van der Waals surface area contributed by atoms with Crippen LogP contribution in [0.4, 0.5) is 0 Å². The van der Waals surface area contributed by atoms with E-state index < -0.39 is 24.6 Å². The number of hydrogen-bond acceptors (Lipinski definition) is 6. The first-order valence-electron chi connectivity index (χ1n) is 6.46. The average molecular weight is 272 g/mol. The first kappa shape index (κ1) is 15.7. The number of aliphatic hydroxyl groups excluding tert-OH is 2. The third-order valence-corrected chi connectivity index (χ3v) is 2.82. The smallest absolute Gasteiger partial charge is 0.331 e. The maximum absolute atomic E-state index is 11.4. The molecule has 1 aliphatic carbocycles. The van der Waals surface area contributed by atoms with Gasteiger partial charge in [-0.1, -0.05) is 6.42 Å². The van der Waals surface area contributed by atoms with E-state index in [9.17, 15) is 9.59 Å². The molecule has 6 nitrogen and oxygen atoms in total. The van der Waals surface area contributed by atoms with E-state index in [1.807, 2.05) is 0 Å². The predicted molar refractivity (Wildman–Crippen MR) is 66.2 cm³/mol. The predicted octanol–water partition coefficient (Wildman–Crippen LogP) is 0.315. The molecule has 0 aliphatic heterocycles. The minimum Gasteiger partial charge on any atom is -0.460 e. The molecular formula is C13H20O6. The lowest BCUT2D eigenvalue weighted by Crippen LogP contribution is -2.21. The zero-order valence-electron chi connectivity index (χ0n) is 10.8. The molecule has 0 radical (unpaired) electrons. The zero-order chi connectivity index (χ0) is 14.1. The molecule has 0 bridgehead atoms. The first-order chi connectivity index (χ1) is 9.11. The van der Waals surface area contributed by atoms with Crippen LogP contribution in [0.15, 0.2) is 12.2 Å². The lowest BCUT2D eigenvalue weighted by Gasteiger charge is -2.20. The minimum absolute atomic E-state index is 0.0573. The number of ether oxygens (including phenoxy) is 2. The van der Waals surface area contributed by atoms with Crippen LogP contribution in [0.5, 0.6) is 0 Å². The van der Waals surface area contributed by atoms with Gasteiger partial charge < -0.3 is 19.7 Å². The summed E-state index contributed by atoms with van der Waals surface area (Å²) in [4.78, 5) is 22.6. The number of esters is 2. The molecule has 0 amide bonds. The van der Waals surface area contributed by atoms with Crippen molar-refractivity contribution < 1.29 is 29.3 Å². The van der Waals surface area contributed by atoms with Crippen molar-refractivity contribution in [1.82, 2.24) is 0 Å². The van der Waals surface area contributed by atoms with Crippen molar-refractivity contribution in [3.63, 3.8) is 0 Å². The van der Waals surface area contributed by atoms with Crippen LogP contribution in [0.25, 0.3) is 0 Å². The Balaban J connectivity index is 2.22. The Labute approximate surface area is 112 Å². The van der Waals surface area contributed by atoms with Crippen LogP contribution in [-0.4, -0.2) is 47.6 Å². The molecule has 108 valence electrons. The van der Waals surface area contributed by atoms with E-state index in [1.165, 1.54) is 6.42 Å². The second kappa shape index (κ2) is 8.66. The number of aliphatic hydroxyl groups is 2. The number of rotatable bonds is 6. The zero-order valence-corrected chi connectivity index (χ0v) is 10.8. The molecule has 0 saturated heterocycles. The molecule has 0 aromatic rings. The quantitative estimate of drug-likeness (QED) is 0.534. The molecule has 1 saturated carbocycles. The van der Waals surface area contributed by atoms with Gasteiger partial charge in [-0.25, -0.2) is 9.59 Å². The van der Waals surface area contributed by atoms with Crippen LogP contribution < -0.4 is 0 Å². The van der Waals surface area contributed by atoms with E-state index in [0.717, 1.165) is 37.8 Å². The summed E-state index contributed by atoms with van der Waals surface area (Å²) >= 11 is 0. The van der Waals surface area contributed by atoms with Crippen molar-refractivity contribution in [1.29, 1.82) is 0 Å². The molecule has 0 heterocycles. The van der Waals surface area contributed by atoms with Crippen molar-refractivity contribution in [2.75, 3.05) is 13.2 Å². The highest BCUT2D eigenvalue weighted by Crippen LogP contribution is 2.20. The summed E-state index contributed by atoms with van der Waals surface area (Å²) in [7, 11) is 0. The second-order valence-corrected chi connectivity index (χ2v) is 4.50. The van der Waals surface area contributed by atoms with Crippen LogP contribution in [0, 0.1) is 0 Å². The molecule has 0 aromatic heterocycles. The van der Waals surface area contributed by atoms with Crippen molar-refractivity contribution in [3.05, 3.63) is 12.2 Å². The maximum atomic E-state index is 11.4. The number of carbonyl (C=O) groups excluding carboxylic acids is 2. The van der Waals surface area contributed by atoms with Gasteiger partial charge in [-0.3, -0.25) is 0 Å². The van der Waals surface area contributed by atoms with Crippen LogP contribution in [0.2, 0.25) is 0 Å². The highest BCUT2D eigenvalue weighted by atomic mass is 16.5. The van der Waals surface area contributed by atoms with Gasteiger partial charge >= 0.3 is 11.9 Å². The standard InChI is InChI=1S/C13H20O6/c14-8-10(15)9-18-12(16)6-7-13(17)19-11-4-2-1-3-5-11/h6-7,10-11,14-15H,1-5,8-9H2. The largest absolute Gasteiger partial charge is 0.460 e. The lowest BCUT2D eigenvalue weighted by atomic mass is 9.98. The van der Waals surface area contributed by atoms with E-state index in [1.54, 1.807) is 0 Å². The molecule has 1 rings (SSSR count). The van der Waals surface area contributed by atoms with Crippen LogP contribution in [0.3, 0.4) is 0 Å². The van der Waals surface area contributed by atoms with Gasteiger partial charge in [0.15, 0.2) is 0 Å². The second-order valence-electron chi connectivity index (χ2n) is 4.50.